The fourth-order valence-electron chi connectivity index (χ4n) is 4.76. The molecule has 32 heavy (non-hydrogen) atoms. The van der Waals surface area contributed by atoms with Gasteiger partial charge in [-0.3, -0.25) is 4.79 Å². The van der Waals surface area contributed by atoms with Crippen LogP contribution in [-0.2, 0) is 17.9 Å². The van der Waals surface area contributed by atoms with Gasteiger partial charge in [-0.15, -0.1) is 0 Å². The number of unbranched alkanes of at least 4 members (excludes halogenated alkanes) is 1. The first-order chi connectivity index (χ1) is 15.6. The van der Waals surface area contributed by atoms with Crippen molar-refractivity contribution in [3.05, 3.63) is 59.4 Å². The quantitative estimate of drug-likeness (QED) is 0.440. The third-order valence-electron chi connectivity index (χ3n) is 6.56. The lowest BCUT2D eigenvalue weighted by molar-refractivity contribution is -0.126. The lowest BCUT2D eigenvalue weighted by Crippen LogP contribution is -2.32. The van der Waals surface area contributed by atoms with Crippen molar-refractivity contribution in [3.63, 3.8) is 0 Å². The van der Waals surface area contributed by atoms with Crippen LogP contribution < -0.4 is 10.1 Å². The molecule has 0 bridgehead atoms. The zero-order valence-corrected chi connectivity index (χ0v) is 19.4. The van der Waals surface area contributed by atoms with Crippen LogP contribution in [0.4, 0.5) is 0 Å². The summed E-state index contributed by atoms with van der Waals surface area (Å²) in [6, 6.07) is 14.5. The van der Waals surface area contributed by atoms with Crippen molar-refractivity contribution >= 4 is 16.9 Å². The van der Waals surface area contributed by atoms with E-state index in [1.807, 2.05) is 12.1 Å². The third kappa shape index (κ3) is 5.32. The molecule has 0 radical (unpaired) electrons. The number of nitrogens with zero attached hydrogens (tertiary/aromatic N) is 2. The Morgan fingerprint density at radius 1 is 1.03 bits per heavy atom. The number of aromatic nitrogens is 2. The number of benzene rings is 2. The molecule has 0 aliphatic heterocycles. The number of aryl methyl sites for hydroxylation is 3. The molecule has 1 aromatic heterocycles. The van der Waals surface area contributed by atoms with Crippen molar-refractivity contribution in [2.45, 2.75) is 71.9 Å². The average Bonchev–Trinajstić information content (AvgIpc) is 3.17. The smallest absolute Gasteiger partial charge is 0.223 e. The van der Waals surface area contributed by atoms with E-state index in [0.717, 1.165) is 54.8 Å². The van der Waals surface area contributed by atoms with Crippen molar-refractivity contribution < 1.29 is 9.53 Å². The summed E-state index contributed by atoms with van der Waals surface area (Å²) in [5.74, 6) is 2.30. The predicted octanol–water partition coefficient (Wildman–Crippen LogP) is 5.71. The molecule has 3 aromatic rings. The third-order valence-corrected chi connectivity index (χ3v) is 6.56. The normalized spacial score (nSPS) is 14.6. The molecule has 1 fully saturated rings. The Kier molecular flexibility index (Phi) is 7.46. The molecule has 5 heteroatoms. The summed E-state index contributed by atoms with van der Waals surface area (Å²) in [4.78, 5) is 17.4. The molecular formula is C27H35N3O2. The number of carbonyl (C=O) groups excluding carboxylic acids is 1. The van der Waals surface area contributed by atoms with Gasteiger partial charge in [0.1, 0.15) is 11.6 Å². The molecule has 0 spiro atoms. The Balaban J connectivity index is 1.35. The van der Waals surface area contributed by atoms with Crippen molar-refractivity contribution in [2.24, 2.45) is 5.92 Å². The van der Waals surface area contributed by atoms with Crippen LogP contribution in [0.1, 0.15) is 61.9 Å². The van der Waals surface area contributed by atoms with Gasteiger partial charge in [-0.05, 0) is 62.8 Å². The van der Waals surface area contributed by atoms with Gasteiger partial charge in [-0.2, -0.15) is 0 Å². The highest BCUT2D eigenvalue weighted by Crippen LogP contribution is 2.24. The average molecular weight is 434 g/mol. The van der Waals surface area contributed by atoms with Gasteiger partial charge < -0.3 is 14.6 Å². The molecule has 170 valence electrons. The first-order valence-corrected chi connectivity index (χ1v) is 12.0. The number of imidazole rings is 1. The van der Waals surface area contributed by atoms with E-state index in [9.17, 15) is 4.79 Å². The molecule has 1 saturated carbocycles. The first-order valence-electron chi connectivity index (χ1n) is 12.0. The molecule has 0 atom stereocenters. The molecule has 1 aliphatic rings. The number of hydrogen-bond acceptors (Lipinski definition) is 3. The summed E-state index contributed by atoms with van der Waals surface area (Å²) in [6.45, 7) is 6.24. The monoisotopic (exact) mass is 433 g/mol. The van der Waals surface area contributed by atoms with Gasteiger partial charge in [-0.1, -0.05) is 49.6 Å². The molecule has 4 rings (SSSR count). The Morgan fingerprint density at radius 3 is 2.56 bits per heavy atom. The van der Waals surface area contributed by atoms with Crippen molar-refractivity contribution in [3.8, 4) is 5.75 Å². The van der Waals surface area contributed by atoms with E-state index in [1.165, 1.54) is 30.4 Å². The molecule has 1 amide bonds. The molecule has 1 N–H and O–H groups in total. The van der Waals surface area contributed by atoms with Crippen LogP contribution in [0.3, 0.4) is 0 Å². The fourth-order valence-corrected chi connectivity index (χ4v) is 4.76. The highest BCUT2D eigenvalue weighted by Gasteiger charge is 2.21. The van der Waals surface area contributed by atoms with Crippen LogP contribution in [0.5, 0.6) is 5.75 Å². The van der Waals surface area contributed by atoms with E-state index in [2.05, 4.69) is 54.1 Å². The van der Waals surface area contributed by atoms with Crippen molar-refractivity contribution in [2.75, 3.05) is 6.61 Å². The second-order valence-electron chi connectivity index (χ2n) is 9.00. The minimum atomic E-state index is 0.170. The van der Waals surface area contributed by atoms with E-state index in [-0.39, 0.29) is 11.8 Å². The molecule has 0 unspecified atom stereocenters. The summed E-state index contributed by atoms with van der Waals surface area (Å²) >= 11 is 0. The summed E-state index contributed by atoms with van der Waals surface area (Å²) < 4.78 is 8.33. The van der Waals surface area contributed by atoms with Gasteiger partial charge in [0, 0.05) is 12.5 Å². The number of ether oxygens (including phenoxy) is 1. The summed E-state index contributed by atoms with van der Waals surface area (Å²) in [7, 11) is 0. The number of carbonyl (C=O) groups is 1. The van der Waals surface area contributed by atoms with Gasteiger partial charge in [0.2, 0.25) is 5.91 Å². The van der Waals surface area contributed by atoms with Crippen LogP contribution in [0.2, 0.25) is 0 Å². The van der Waals surface area contributed by atoms with E-state index in [1.54, 1.807) is 0 Å². The van der Waals surface area contributed by atoms with Crippen LogP contribution in [0, 0.1) is 19.8 Å². The maximum Gasteiger partial charge on any atom is 0.223 e. The van der Waals surface area contributed by atoms with E-state index >= 15 is 0 Å². The Bertz CT molecular complexity index is 1030. The second-order valence-corrected chi connectivity index (χ2v) is 9.00. The Morgan fingerprint density at radius 2 is 1.78 bits per heavy atom. The maximum absolute atomic E-state index is 12.6. The van der Waals surface area contributed by atoms with E-state index in [4.69, 9.17) is 9.72 Å². The summed E-state index contributed by atoms with van der Waals surface area (Å²) in [6.07, 6.45) is 7.59. The van der Waals surface area contributed by atoms with Gasteiger partial charge in [0.25, 0.3) is 0 Å². The van der Waals surface area contributed by atoms with Crippen LogP contribution in [-0.4, -0.2) is 22.1 Å². The number of nitrogens with one attached hydrogen (secondary N) is 1. The maximum atomic E-state index is 12.6. The molecule has 1 heterocycles. The summed E-state index contributed by atoms with van der Waals surface area (Å²) in [5, 5.41) is 3.16. The van der Waals surface area contributed by atoms with Crippen LogP contribution >= 0.6 is 0 Å². The number of hydrogen-bond donors (Lipinski definition) is 1. The SMILES string of the molecule is Cc1cccc(C)c1OCCCCn1c(CNC(=O)C2CCCCC2)nc2ccccc21. The fraction of sp³-hybridized carbons (Fsp3) is 0.481. The summed E-state index contributed by atoms with van der Waals surface area (Å²) in [5.41, 5.74) is 4.48. The topological polar surface area (TPSA) is 56.1 Å². The second kappa shape index (κ2) is 10.7. The van der Waals surface area contributed by atoms with E-state index in [0.29, 0.717) is 13.2 Å². The first kappa shape index (κ1) is 22.4. The molecule has 2 aromatic carbocycles. The minimum absolute atomic E-state index is 0.170. The van der Waals surface area contributed by atoms with Crippen LogP contribution in [0.15, 0.2) is 42.5 Å². The zero-order chi connectivity index (χ0) is 22.3. The van der Waals surface area contributed by atoms with Crippen LogP contribution in [0.25, 0.3) is 11.0 Å². The number of amides is 1. The Hall–Kier alpha value is -2.82. The van der Waals surface area contributed by atoms with Gasteiger partial charge in [0.15, 0.2) is 0 Å². The highest BCUT2D eigenvalue weighted by atomic mass is 16.5. The van der Waals surface area contributed by atoms with E-state index < -0.39 is 0 Å². The zero-order valence-electron chi connectivity index (χ0n) is 19.4. The number of para-hydroxylation sites is 3. The number of rotatable bonds is 9. The molecule has 1 aliphatic carbocycles. The minimum Gasteiger partial charge on any atom is -0.493 e. The highest BCUT2D eigenvalue weighted by molar-refractivity contribution is 5.79. The van der Waals surface area contributed by atoms with Gasteiger partial charge >= 0.3 is 0 Å². The largest absolute Gasteiger partial charge is 0.493 e. The van der Waals surface area contributed by atoms with Gasteiger partial charge in [-0.25, -0.2) is 4.98 Å². The Labute approximate surface area is 191 Å². The van der Waals surface area contributed by atoms with Crippen molar-refractivity contribution in [1.29, 1.82) is 0 Å². The van der Waals surface area contributed by atoms with Gasteiger partial charge in [0.05, 0.1) is 24.2 Å². The predicted molar refractivity (Wildman–Crippen MR) is 129 cm³/mol. The number of fused-ring (bicyclic) bond motifs is 1. The molecule has 5 nitrogen and oxygen atoms in total. The van der Waals surface area contributed by atoms with Crippen molar-refractivity contribution in [1.82, 2.24) is 14.9 Å². The molecule has 0 saturated heterocycles. The standard InChI is InChI=1S/C27H35N3O2/c1-20-11-10-12-21(2)26(20)32-18-9-8-17-30-24-16-7-6-15-23(24)29-25(30)19-28-27(31)22-13-4-3-5-14-22/h6-7,10-12,15-16,22H,3-5,8-9,13-14,17-19H2,1-2H3,(H,28,31). The molecular weight excluding hydrogens is 398 g/mol. The lowest BCUT2D eigenvalue weighted by Gasteiger charge is -2.20. The lowest BCUT2D eigenvalue weighted by atomic mass is 9.89.